The first-order valence-corrected chi connectivity index (χ1v) is 7.26. The lowest BCUT2D eigenvalue weighted by Gasteiger charge is -2.35. The van der Waals surface area contributed by atoms with Gasteiger partial charge in [-0.25, -0.2) is 0 Å². The molecule has 0 heterocycles. The molecular weight excluding hydrogens is 208 g/mol. The van der Waals surface area contributed by atoms with Gasteiger partial charge in [0.05, 0.1) is 0 Å². The Morgan fingerprint density at radius 1 is 1.18 bits per heavy atom. The van der Waals surface area contributed by atoms with Crippen LogP contribution in [0.2, 0.25) is 0 Å². The smallest absolute Gasteiger partial charge is 0.0147 e. The second-order valence-electron chi connectivity index (χ2n) is 6.31. The minimum absolute atomic E-state index is 0.335. The van der Waals surface area contributed by atoms with Gasteiger partial charge in [-0.2, -0.15) is 0 Å². The molecule has 0 aliphatic carbocycles. The third-order valence-corrected chi connectivity index (χ3v) is 4.45. The molecule has 0 bridgehead atoms. The average molecular weight is 242 g/mol. The maximum Gasteiger partial charge on any atom is 0.0147 e. The van der Waals surface area contributed by atoms with E-state index in [-0.39, 0.29) is 0 Å². The van der Waals surface area contributed by atoms with E-state index in [1.165, 1.54) is 32.2 Å². The van der Waals surface area contributed by atoms with Gasteiger partial charge in [-0.1, -0.05) is 20.8 Å². The van der Waals surface area contributed by atoms with Crippen molar-refractivity contribution in [1.29, 1.82) is 0 Å². The fraction of sp³-hybridized carbons (Fsp3) is 1.00. The van der Waals surface area contributed by atoms with Crippen LogP contribution >= 0.6 is 0 Å². The molecule has 17 heavy (non-hydrogen) atoms. The van der Waals surface area contributed by atoms with Crippen molar-refractivity contribution in [2.75, 3.05) is 20.1 Å². The topological polar surface area (TPSA) is 29.3 Å². The molecule has 104 valence electrons. The summed E-state index contributed by atoms with van der Waals surface area (Å²) in [6, 6.07) is 0. The molecule has 1 atom stereocenters. The van der Waals surface area contributed by atoms with Gasteiger partial charge in [0.1, 0.15) is 0 Å². The highest BCUT2D eigenvalue weighted by Crippen LogP contribution is 2.22. The Morgan fingerprint density at radius 2 is 1.76 bits per heavy atom. The van der Waals surface area contributed by atoms with Crippen LogP contribution in [0.15, 0.2) is 0 Å². The zero-order valence-corrected chi connectivity index (χ0v) is 12.9. The third-order valence-electron chi connectivity index (χ3n) is 4.45. The minimum Gasteiger partial charge on any atom is -0.330 e. The van der Waals surface area contributed by atoms with Crippen LogP contribution in [-0.4, -0.2) is 30.6 Å². The molecule has 0 radical (unpaired) electrons. The lowest BCUT2D eigenvalue weighted by Crippen LogP contribution is -2.41. The fourth-order valence-electron chi connectivity index (χ4n) is 2.19. The van der Waals surface area contributed by atoms with E-state index in [0.29, 0.717) is 5.54 Å². The minimum atomic E-state index is 0.335. The SMILES string of the molecule is CCC(C)(C)N(C)CCCC(CCN)C(C)C. The molecule has 0 rings (SSSR count). The van der Waals surface area contributed by atoms with E-state index in [0.717, 1.165) is 18.4 Å². The molecule has 0 amide bonds. The van der Waals surface area contributed by atoms with Crippen molar-refractivity contribution in [1.82, 2.24) is 4.90 Å². The van der Waals surface area contributed by atoms with Crippen LogP contribution in [0.4, 0.5) is 0 Å². The predicted octanol–water partition coefficient (Wildman–Crippen LogP) is 3.51. The first-order chi connectivity index (χ1) is 7.85. The molecule has 2 N–H and O–H groups in total. The number of nitrogens with zero attached hydrogens (tertiary/aromatic N) is 1. The molecule has 0 aliphatic rings. The van der Waals surface area contributed by atoms with E-state index in [9.17, 15) is 0 Å². The monoisotopic (exact) mass is 242 g/mol. The molecule has 1 unspecified atom stereocenters. The first-order valence-electron chi connectivity index (χ1n) is 7.26. The summed E-state index contributed by atoms with van der Waals surface area (Å²) < 4.78 is 0. The Balaban J connectivity index is 3.96. The largest absolute Gasteiger partial charge is 0.330 e. The Labute approximate surface area is 109 Å². The lowest BCUT2D eigenvalue weighted by molar-refractivity contribution is 0.143. The highest BCUT2D eigenvalue weighted by Gasteiger charge is 2.21. The molecule has 0 aromatic heterocycles. The normalized spacial score (nSPS) is 14.6. The van der Waals surface area contributed by atoms with Crippen molar-refractivity contribution >= 4 is 0 Å². The zero-order chi connectivity index (χ0) is 13.5. The van der Waals surface area contributed by atoms with E-state index in [1.807, 2.05) is 0 Å². The highest BCUT2D eigenvalue weighted by atomic mass is 15.2. The van der Waals surface area contributed by atoms with Crippen molar-refractivity contribution in [3.8, 4) is 0 Å². The van der Waals surface area contributed by atoms with Gasteiger partial charge in [0.2, 0.25) is 0 Å². The van der Waals surface area contributed by atoms with E-state index >= 15 is 0 Å². The van der Waals surface area contributed by atoms with Gasteiger partial charge in [-0.3, -0.25) is 0 Å². The van der Waals surface area contributed by atoms with Crippen molar-refractivity contribution in [3.05, 3.63) is 0 Å². The summed E-state index contributed by atoms with van der Waals surface area (Å²) in [5.41, 5.74) is 6.01. The fourth-order valence-corrected chi connectivity index (χ4v) is 2.19. The van der Waals surface area contributed by atoms with Crippen LogP contribution in [0.1, 0.15) is 60.3 Å². The summed E-state index contributed by atoms with van der Waals surface area (Å²) in [4.78, 5) is 2.49. The second kappa shape index (κ2) is 8.10. The molecular formula is C15H34N2. The molecule has 0 aromatic carbocycles. The van der Waals surface area contributed by atoms with Crippen LogP contribution < -0.4 is 5.73 Å². The van der Waals surface area contributed by atoms with Crippen molar-refractivity contribution in [3.63, 3.8) is 0 Å². The van der Waals surface area contributed by atoms with Crippen LogP contribution in [0.25, 0.3) is 0 Å². The van der Waals surface area contributed by atoms with Crippen molar-refractivity contribution < 1.29 is 0 Å². The molecule has 0 fully saturated rings. The summed E-state index contributed by atoms with van der Waals surface area (Å²) >= 11 is 0. The Bertz CT molecular complexity index is 185. The second-order valence-corrected chi connectivity index (χ2v) is 6.31. The Morgan fingerprint density at radius 3 is 2.18 bits per heavy atom. The van der Waals surface area contributed by atoms with Gasteiger partial charge < -0.3 is 10.6 Å². The van der Waals surface area contributed by atoms with Gasteiger partial charge >= 0.3 is 0 Å². The quantitative estimate of drug-likeness (QED) is 0.670. The van der Waals surface area contributed by atoms with Crippen LogP contribution in [0.3, 0.4) is 0 Å². The van der Waals surface area contributed by atoms with Gasteiger partial charge in [-0.15, -0.1) is 0 Å². The molecule has 0 saturated carbocycles. The maximum absolute atomic E-state index is 5.68. The van der Waals surface area contributed by atoms with Crippen molar-refractivity contribution in [2.24, 2.45) is 17.6 Å². The molecule has 2 nitrogen and oxygen atoms in total. The van der Waals surface area contributed by atoms with Gasteiger partial charge in [0.15, 0.2) is 0 Å². The number of rotatable bonds is 9. The first kappa shape index (κ1) is 16.9. The molecule has 0 saturated heterocycles. The van der Waals surface area contributed by atoms with E-state index < -0.39 is 0 Å². The Kier molecular flexibility index (Phi) is 8.06. The average Bonchev–Trinajstić information content (AvgIpc) is 2.27. The van der Waals surface area contributed by atoms with E-state index in [1.54, 1.807) is 0 Å². The molecule has 0 spiro atoms. The van der Waals surface area contributed by atoms with Crippen LogP contribution in [-0.2, 0) is 0 Å². The highest BCUT2D eigenvalue weighted by molar-refractivity contribution is 4.77. The summed E-state index contributed by atoms with van der Waals surface area (Å²) in [5.74, 6) is 1.57. The lowest BCUT2D eigenvalue weighted by atomic mass is 9.88. The van der Waals surface area contributed by atoms with E-state index in [2.05, 4.69) is 46.6 Å². The zero-order valence-electron chi connectivity index (χ0n) is 12.9. The number of nitrogens with two attached hydrogens (primary N) is 1. The van der Waals surface area contributed by atoms with E-state index in [4.69, 9.17) is 5.73 Å². The Hall–Kier alpha value is -0.0800. The number of hydrogen-bond donors (Lipinski definition) is 1. The molecule has 2 heteroatoms. The summed E-state index contributed by atoms with van der Waals surface area (Å²) in [6.07, 6.45) is 5.00. The molecule has 0 aromatic rings. The summed E-state index contributed by atoms with van der Waals surface area (Å²) in [5, 5.41) is 0. The predicted molar refractivity (Wildman–Crippen MR) is 78.2 cm³/mol. The summed E-state index contributed by atoms with van der Waals surface area (Å²) in [7, 11) is 2.25. The molecule has 0 aliphatic heterocycles. The van der Waals surface area contributed by atoms with Gasteiger partial charge in [-0.05, 0) is 71.5 Å². The van der Waals surface area contributed by atoms with Gasteiger partial charge in [0.25, 0.3) is 0 Å². The standard InChI is InChI=1S/C15H34N2/c1-7-15(4,5)17(6)12-8-9-14(10-11-16)13(2)3/h13-14H,7-12,16H2,1-6H3. The third kappa shape index (κ3) is 6.42. The van der Waals surface area contributed by atoms with Crippen LogP contribution in [0, 0.1) is 11.8 Å². The maximum atomic E-state index is 5.68. The summed E-state index contributed by atoms with van der Waals surface area (Å²) in [6.45, 7) is 13.6. The number of hydrogen-bond acceptors (Lipinski definition) is 2. The van der Waals surface area contributed by atoms with Crippen LogP contribution in [0.5, 0.6) is 0 Å². The van der Waals surface area contributed by atoms with Crippen molar-refractivity contribution in [2.45, 2.75) is 65.8 Å². The van der Waals surface area contributed by atoms with Gasteiger partial charge in [0, 0.05) is 5.54 Å².